The minimum Gasteiger partial charge on any atom is -0.488 e. The number of benzene rings is 1. The van der Waals surface area contributed by atoms with E-state index in [0.717, 1.165) is 36.7 Å². The smallest absolute Gasteiger partial charge is 0.314 e. The number of guanidine groups is 1. The lowest BCUT2D eigenvalue weighted by molar-refractivity contribution is 0.129. The molecular formula is C20H33N5O2. The van der Waals surface area contributed by atoms with Gasteiger partial charge < -0.3 is 26.0 Å². The van der Waals surface area contributed by atoms with Crippen molar-refractivity contribution >= 4 is 12.0 Å². The van der Waals surface area contributed by atoms with Gasteiger partial charge in [-0.3, -0.25) is 0 Å². The van der Waals surface area contributed by atoms with Gasteiger partial charge in [0.05, 0.1) is 6.54 Å². The highest BCUT2D eigenvalue weighted by Gasteiger charge is 2.22. The standard InChI is InChI=1S/C20H33N5O2/c1-5-22-19(24-16-10-12-25(13-11-16)18(21)26)23-14-15-8-6-7-9-17(15)27-20(2,3)4/h6-9,16H,5,10-14H2,1-4H3,(H2,21,26)(H2,22,23,24). The fraction of sp³-hybridized carbons (Fsp3) is 0.600. The first-order chi connectivity index (χ1) is 12.8. The SMILES string of the molecule is CCNC(=NCc1ccccc1OC(C)(C)C)NC1CCN(C(N)=O)CC1. The largest absolute Gasteiger partial charge is 0.488 e. The monoisotopic (exact) mass is 375 g/mol. The van der Waals surface area contributed by atoms with Gasteiger partial charge in [-0.25, -0.2) is 9.79 Å². The third-order valence-corrected chi connectivity index (χ3v) is 4.29. The normalized spacial score (nSPS) is 16.1. The summed E-state index contributed by atoms with van der Waals surface area (Å²) in [5.41, 5.74) is 6.15. The van der Waals surface area contributed by atoms with Gasteiger partial charge >= 0.3 is 6.03 Å². The van der Waals surface area contributed by atoms with Crippen molar-refractivity contribution in [2.75, 3.05) is 19.6 Å². The van der Waals surface area contributed by atoms with Gasteiger partial charge in [-0.05, 0) is 46.6 Å². The summed E-state index contributed by atoms with van der Waals surface area (Å²) < 4.78 is 6.05. The summed E-state index contributed by atoms with van der Waals surface area (Å²) in [6.07, 6.45) is 1.72. The van der Waals surface area contributed by atoms with Crippen LogP contribution in [0, 0.1) is 0 Å². The number of para-hydroxylation sites is 1. The number of ether oxygens (including phenoxy) is 1. The molecule has 0 radical (unpaired) electrons. The van der Waals surface area contributed by atoms with Gasteiger partial charge in [-0.2, -0.15) is 0 Å². The third kappa shape index (κ3) is 7.00. The molecule has 0 aliphatic carbocycles. The second kappa shape index (κ2) is 9.48. The molecule has 0 spiro atoms. The van der Waals surface area contributed by atoms with Crippen LogP contribution in [0.15, 0.2) is 29.3 Å². The molecule has 1 aromatic carbocycles. The van der Waals surface area contributed by atoms with Crippen LogP contribution in [-0.4, -0.2) is 48.2 Å². The van der Waals surface area contributed by atoms with Crippen molar-refractivity contribution < 1.29 is 9.53 Å². The lowest BCUT2D eigenvalue weighted by atomic mass is 10.1. The number of nitrogens with zero attached hydrogens (tertiary/aromatic N) is 2. The van der Waals surface area contributed by atoms with Crippen molar-refractivity contribution in [3.8, 4) is 5.75 Å². The van der Waals surface area contributed by atoms with Gasteiger partial charge in [0.1, 0.15) is 11.4 Å². The molecule has 0 unspecified atom stereocenters. The van der Waals surface area contributed by atoms with E-state index in [1.807, 2.05) is 52.0 Å². The molecule has 0 saturated carbocycles. The predicted molar refractivity (Wildman–Crippen MR) is 109 cm³/mol. The first-order valence-corrected chi connectivity index (χ1v) is 9.64. The Morgan fingerprint density at radius 1 is 1.30 bits per heavy atom. The maximum atomic E-state index is 11.3. The minimum atomic E-state index is -0.343. The molecule has 2 amide bonds. The lowest BCUT2D eigenvalue weighted by Crippen LogP contribution is -2.50. The average Bonchev–Trinajstić information content (AvgIpc) is 2.60. The Labute approximate surface area is 162 Å². The fourth-order valence-corrected chi connectivity index (χ4v) is 2.99. The maximum absolute atomic E-state index is 11.3. The molecule has 1 fully saturated rings. The molecule has 1 aromatic rings. The van der Waals surface area contributed by atoms with Gasteiger partial charge in [0.2, 0.25) is 0 Å². The van der Waals surface area contributed by atoms with Crippen LogP contribution in [0.1, 0.15) is 46.1 Å². The molecule has 4 N–H and O–H groups in total. The molecule has 1 heterocycles. The number of aliphatic imine (C=N–C) groups is 1. The second-order valence-electron chi connectivity index (χ2n) is 7.76. The van der Waals surface area contributed by atoms with E-state index in [1.165, 1.54) is 0 Å². The highest BCUT2D eigenvalue weighted by molar-refractivity contribution is 5.80. The molecule has 1 aliphatic heterocycles. The Morgan fingerprint density at radius 2 is 1.96 bits per heavy atom. The second-order valence-corrected chi connectivity index (χ2v) is 7.76. The van der Waals surface area contributed by atoms with Gasteiger partial charge in [-0.1, -0.05) is 18.2 Å². The van der Waals surface area contributed by atoms with E-state index in [4.69, 9.17) is 15.5 Å². The number of likely N-dealkylation sites (tertiary alicyclic amines) is 1. The maximum Gasteiger partial charge on any atom is 0.314 e. The summed E-state index contributed by atoms with van der Waals surface area (Å²) in [4.78, 5) is 17.7. The van der Waals surface area contributed by atoms with Crippen molar-refractivity contribution in [2.24, 2.45) is 10.7 Å². The molecule has 0 aromatic heterocycles. The molecule has 27 heavy (non-hydrogen) atoms. The highest BCUT2D eigenvalue weighted by atomic mass is 16.5. The number of urea groups is 1. The van der Waals surface area contributed by atoms with Gasteiger partial charge in [0.15, 0.2) is 5.96 Å². The molecule has 0 atom stereocenters. The van der Waals surface area contributed by atoms with E-state index in [9.17, 15) is 4.79 Å². The summed E-state index contributed by atoms with van der Waals surface area (Å²) in [6, 6.07) is 7.93. The van der Waals surface area contributed by atoms with E-state index in [-0.39, 0.29) is 17.7 Å². The van der Waals surface area contributed by atoms with Crippen LogP contribution >= 0.6 is 0 Å². The van der Waals surface area contributed by atoms with Gasteiger partial charge in [0.25, 0.3) is 0 Å². The summed E-state index contributed by atoms with van der Waals surface area (Å²) in [5, 5.41) is 6.77. The number of nitrogens with two attached hydrogens (primary N) is 1. The minimum absolute atomic E-state index is 0.253. The first kappa shape index (κ1) is 20.9. The van der Waals surface area contributed by atoms with Crippen LogP contribution < -0.4 is 21.1 Å². The average molecular weight is 376 g/mol. The van der Waals surface area contributed by atoms with E-state index in [1.54, 1.807) is 4.90 Å². The van der Waals surface area contributed by atoms with Crippen molar-refractivity contribution in [3.05, 3.63) is 29.8 Å². The molecule has 7 nitrogen and oxygen atoms in total. The quantitative estimate of drug-likeness (QED) is 0.544. The molecular weight excluding hydrogens is 342 g/mol. The number of primary amides is 1. The molecule has 0 bridgehead atoms. The highest BCUT2D eigenvalue weighted by Crippen LogP contribution is 2.23. The summed E-state index contributed by atoms with van der Waals surface area (Å²) in [5.74, 6) is 1.64. The number of hydrogen-bond acceptors (Lipinski definition) is 3. The van der Waals surface area contributed by atoms with Crippen LogP contribution in [0.2, 0.25) is 0 Å². The number of carbonyl (C=O) groups excluding carboxylic acids is 1. The van der Waals surface area contributed by atoms with Gasteiger partial charge in [-0.15, -0.1) is 0 Å². The van der Waals surface area contributed by atoms with E-state index >= 15 is 0 Å². The number of hydrogen-bond donors (Lipinski definition) is 3. The molecule has 1 saturated heterocycles. The zero-order valence-corrected chi connectivity index (χ0v) is 16.9. The molecule has 1 aliphatic rings. The number of rotatable bonds is 5. The Hall–Kier alpha value is -2.44. The van der Waals surface area contributed by atoms with Crippen LogP contribution in [0.4, 0.5) is 4.79 Å². The first-order valence-electron chi connectivity index (χ1n) is 9.64. The third-order valence-electron chi connectivity index (χ3n) is 4.29. The van der Waals surface area contributed by atoms with Crippen LogP contribution in [0.25, 0.3) is 0 Å². The zero-order chi connectivity index (χ0) is 19.9. The Kier molecular flexibility index (Phi) is 7.33. The topological polar surface area (TPSA) is 92.0 Å². The van der Waals surface area contributed by atoms with E-state index in [0.29, 0.717) is 19.6 Å². The molecule has 7 heteroatoms. The summed E-state index contributed by atoms with van der Waals surface area (Å²) >= 11 is 0. The molecule has 2 rings (SSSR count). The number of carbonyl (C=O) groups is 1. The van der Waals surface area contributed by atoms with Crippen molar-refractivity contribution in [2.45, 2.75) is 58.7 Å². The number of nitrogens with one attached hydrogen (secondary N) is 2. The Morgan fingerprint density at radius 3 is 2.56 bits per heavy atom. The van der Waals surface area contributed by atoms with Crippen LogP contribution in [0.5, 0.6) is 5.75 Å². The summed E-state index contributed by atoms with van der Waals surface area (Å²) in [7, 11) is 0. The number of amides is 2. The predicted octanol–water partition coefficient (Wildman–Crippen LogP) is 2.46. The van der Waals surface area contributed by atoms with Crippen molar-refractivity contribution in [1.29, 1.82) is 0 Å². The van der Waals surface area contributed by atoms with Crippen LogP contribution in [-0.2, 0) is 6.54 Å². The lowest BCUT2D eigenvalue weighted by Gasteiger charge is -2.32. The van der Waals surface area contributed by atoms with Crippen molar-refractivity contribution in [1.82, 2.24) is 15.5 Å². The van der Waals surface area contributed by atoms with Crippen LogP contribution in [0.3, 0.4) is 0 Å². The van der Waals surface area contributed by atoms with Crippen molar-refractivity contribution in [3.63, 3.8) is 0 Å². The molecule has 150 valence electrons. The Balaban J connectivity index is 2.01. The van der Waals surface area contributed by atoms with E-state index < -0.39 is 0 Å². The number of piperidine rings is 1. The zero-order valence-electron chi connectivity index (χ0n) is 16.9. The Bertz CT molecular complexity index is 646. The van der Waals surface area contributed by atoms with E-state index in [2.05, 4.69) is 10.6 Å². The fourth-order valence-electron chi connectivity index (χ4n) is 2.99. The summed E-state index contributed by atoms with van der Waals surface area (Å²) in [6.45, 7) is 10.8. The van der Waals surface area contributed by atoms with Gasteiger partial charge in [0, 0.05) is 31.2 Å².